The number of anilines is 1. The summed E-state index contributed by atoms with van der Waals surface area (Å²) in [6.45, 7) is 2.39. The van der Waals surface area contributed by atoms with Crippen molar-refractivity contribution in [2.75, 3.05) is 10.8 Å². The van der Waals surface area contributed by atoms with E-state index in [9.17, 15) is 8.42 Å². The predicted octanol–water partition coefficient (Wildman–Crippen LogP) is 5.87. The molecule has 160 valence electrons. The van der Waals surface area contributed by atoms with Crippen LogP contribution in [0.2, 0.25) is 0 Å². The van der Waals surface area contributed by atoms with Crippen LogP contribution in [0, 0.1) is 6.92 Å². The van der Waals surface area contributed by atoms with E-state index < -0.39 is 10.0 Å². The second-order valence-corrected chi connectivity index (χ2v) is 9.95. The lowest BCUT2D eigenvalue weighted by Gasteiger charge is -2.32. The van der Waals surface area contributed by atoms with Gasteiger partial charge in [-0.25, -0.2) is 13.4 Å². The van der Waals surface area contributed by atoms with Crippen LogP contribution in [0.4, 0.5) is 5.69 Å². The molecule has 0 amide bonds. The first kappa shape index (κ1) is 20.5. The predicted molar refractivity (Wildman–Crippen MR) is 129 cm³/mol. The van der Waals surface area contributed by atoms with E-state index >= 15 is 0 Å². The highest BCUT2D eigenvalue weighted by Crippen LogP contribution is 2.41. The molecule has 2 heterocycles. The minimum atomic E-state index is -3.71. The fourth-order valence-electron chi connectivity index (χ4n) is 4.22. The average Bonchev–Trinajstić information content (AvgIpc) is 2.84. The first-order chi connectivity index (χ1) is 15.5. The fourth-order valence-corrected chi connectivity index (χ4v) is 5.76. The van der Waals surface area contributed by atoms with Gasteiger partial charge in [0.2, 0.25) is 0 Å². The van der Waals surface area contributed by atoms with Gasteiger partial charge in [0.05, 0.1) is 22.0 Å². The van der Waals surface area contributed by atoms with Crippen LogP contribution in [0.15, 0.2) is 95.9 Å². The first-order valence-corrected chi connectivity index (χ1v) is 12.2. The second kappa shape index (κ2) is 8.24. The molecule has 0 N–H and O–H groups in total. The van der Waals surface area contributed by atoms with Crippen LogP contribution in [-0.4, -0.2) is 19.9 Å². The Bertz CT molecular complexity index is 1350. The number of hydrogen-bond donors (Lipinski definition) is 0. The van der Waals surface area contributed by atoms with Crippen molar-refractivity contribution in [2.45, 2.75) is 24.7 Å². The minimum absolute atomic E-state index is 0.307. The van der Waals surface area contributed by atoms with Gasteiger partial charge in [0.25, 0.3) is 10.0 Å². The standard InChI is InChI=1S/C27H24N2O2S/c1-20-14-16-24(17-15-20)32(30,31)29-18-8-13-23-19-25(21-9-4-2-5-10-21)28-26(27(23)29)22-11-6-3-7-12-22/h2-7,9-12,14-17,19H,8,13,18H2,1H3. The molecule has 0 fully saturated rings. The normalized spacial score (nSPS) is 13.6. The molecule has 4 nitrogen and oxygen atoms in total. The molecule has 0 saturated heterocycles. The first-order valence-electron chi connectivity index (χ1n) is 10.8. The molecule has 0 atom stereocenters. The highest BCUT2D eigenvalue weighted by atomic mass is 32.2. The van der Waals surface area contributed by atoms with Gasteiger partial charge >= 0.3 is 0 Å². The van der Waals surface area contributed by atoms with Gasteiger partial charge in [0, 0.05) is 17.7 Å². The molecule has 0 spiro atoms. The summed E-state index contributed by atoms with van der Waals surface area (Å²) in [4.78, 5) is 5.30. The van der Waals surface area contributed by atoms with E-state index in [-0.39, 0.29) is 0 Å². The summed E-state index contributed by atoms with van der Waals surface area (Å²) in [5.74, 6) is 0. The van der Waals surface area contributed by atoms with Gasteiger partial charge in [-0.1, -0.05) is 78.4 Å². The number of pyridine rings is 1. The molecule has 0 aliphatic carbocycles. The zero-order chi connectivity index (χ0) is 22.1. The topological polar surface area (TPSA) is 50.3 Å². The maximum absolute atomic E-state index is 13.7. The molecule has 3 aromatic carbocycles. The van der Waals surface area contributed by atoms with Gasteiger partial charge in [-0.05, 0) is 43.5 Å². The van der Waals surface area contributed by atoms with Crippen molar-refractivity contribution in [3.05, 3.63) is 102 Å². The number of benzene rings is 3. The van der Waals surface area contributed by atoms with E-state index in [1.807, 2.05) is 85.8 Å². The SMILES string of the molecule is Cc1ccc(S(=O)(=O)N2CCCc3cc(-c4ccccc4)nc(-c4ccccc4)c32)cc1. The minimum Gasteiger partial charge on any atom is -0.264 e. The van der Waals surface area contributed by atoms with E-state index in [0.29, 0.717) is 22.8 Å². The molecule has 0 bridgehead atoms. The lowest BCUT2D eigenvalue weighted by molar-refractivity contribution is 0.586. The quantitative estimate of drug-likeness (QED) is 0.399. The Balaban J connectivity index is 1.73. The molecule has 1 aliphatic heterocycles. The Morgan fingerprint density at radius 1 is 0.812 bits per heavy atom. The van der Waals surface area contributed by atoms with Gasteiger partial charge in [0.15, 0.2) is 0 Å². The molecule has 5 rings (SSSR count). The molecule has 0 unspecified atom stereocenters. The maximum Gasteiger partial charge on any atom is 0.264 e. The summed E-state index contributed by atoms with van der Waals surface area (Å²) in [6, 6.07) is 29.0. The highest BCUT2D eigenvalue weighted by molar-refractivity contribution is 7.92. The molecule has 32 heavy (non-hydrogen) atoms. The van der Waals surface area contributed by atoms with E-state index in [1.165, 1.54) is 0 Å². The van der Waals surface area contributed by atoms with Crippen LogP contribution in [0.25, 0.3) is 22.5 Å². The molecule has 4 aromatic rings. The summed E-state index contributed by atoms with van der Waals surface area (Å²) in [7, 11) is -3.71. The fraction of sp³-hybridized carbons (Fsp3) is 0.148. The van der Waals surface area contributed by atoms with Crippen molar-refractivity contribution in [1.29, 1.82) is 0 Å². The van der Waals surface area contributed by atoms with Crippen LogP contribution in [-0.2, 0) is 16.4 Å². The van der Waals surface area contributed by atoms with Crippen molar-refractivity contribution < 1.29 is 8.42 Å². The van der Waals surface area contributed by atoms with E-state index in [4.69, 9.17) is 4.98 Å². The molecule has 1 aliphatic rings. The van der Waals surface area contributed by atoms with Crippen molar-refractivity contribution in [1.82, 2.24) is 4.98 Å². The summed E-state index contributed by atoms with van der Waals surface area (Å²) in [6.07, 6.45) is 1.59. The van der Waals surface area contributed by atoms with Crippen LogP contribution >= 0.6 is 0 Å². The molecule has 5 heteroatoms. The Kier molecular flexibility index (Phi) is 5.27. The summed E-state index contributed by atoms with van der Waals surface area (Å²) in [5, 5.41) is 0. The van der Waals surface area contributed by atoms with Crippen LogP contribution < -0.4 is 4.31 Å². The molecular formula is C27H24N2O2S. The number of aromatic nitrogens is 1. The number of nitrogens with zero attached hydrogens (tertiary/aromatic N) is 2. The van der Waals surface area contributed by atoms with Gasteiger partial charge in [-0.3, -0.25) is 4.31 Å². The van der Waals surface area contributed by atoms with Gasteiger partial charge < -0.3 is 0 Å². The van der Waals surface area contributed by atoms with Crippen LogP contribution in [0.5, 0.6) is 0 Å². The number of hydrogen-bond acceptors (Lipinski definition) is 3. The van der Waals surface area contributed by atoms with Crippen LogP contribution in [0.1, 0.15) is 17.5 Å². The molecule has 0 radical (unpaired) electrons. The van der Waals surface area contributed by atoms with Crippen molar-refractivity contribution in [3.63, 3.8) is 0 Å². The average molecular weight is 441 g/mol. The van der Waals surface area contributed by atoms with E-state index in [2.05, 4.69) is 0 Å². The number of rotatable bonds is 4. The van der Waals surface area contributed by atoms with Gasteiger partial charge in [-0.15, -0.1) is 0 Å². The number of fused-ring (bicyclic) bond motifs is 1. The monoisotopic (exact) mass is 440 g/mol. The third-order valence-electron chi connectivity index (χ3n) is 5.85. The lowest BCUT2D eigenvalue weighted by Crippen LogP contribution is -2.36. The number of aryl methyl sites for hydroxylation is 2. The zero-order valence-corrected chi connectivity index (χ0v) is 18.7. The van der Waals surface area contributed by atoms with E-state index in [0.717, 1.165) is 40.8 Å². The van der Waals surface area contributed by atoms with Crippen molar-refractivity contribution in [3.8, 4) is 22.5 Å². The lowest BCUT2D eigenvalue weighted by atomic mass is 9.97. The van der Waals surface area contributed by atoms with Crippen LogP contribution in [0.3, 0.4) is 0 Å². The Hall–Kier alpha value is -3.44. The van der Waals surface area contributed by atoms with Crippen molar-refractivity contribution in [2.24, 2.45) is 0 Å². The third-order valence-corrected chi connectivity index (χ3v) is 7.67. The molecule has 1 aromatic heterocycles. The third kappa shape index (κ3) is 3.69. The molecular weight excluding hydrogens is 416 g/mol. The van der Waals surface area contributed by atoms with Gasteiger partial charge in [-0.2, -0.15) is 0 Å². The maximum atomic E-state index is 13.7. The summed E-state index contributed by atoms with van der Waals surface area (Å²) in [5.41, 5.74) is 6.23. The van der Waals surface area contributed by atoms with Crippen molar-refractivity contribution >= 4 is 15.7 Å². The highest BCUT2D eigenvalue weighted by Gasteiger charge is 2.32. The Labute approximate surface area is 189 Å². The van der Waals surface area contributed by atoms with E-state index in [1.54, 1.807) is 16.4 Å². The van der Waals surface area contributed by atoms with Gasteiger partial charge in [0.1, 0.15) is 0 Å². The second-order valence-electron chi connectivity index (χ2n) is 8.09. The largest absolute Gasteiger partial charge is 0.264 e. The summed E-state index contributed by atoms with van der Waals surface area (Å²) >= 11 is 0. The molecule has 0 saturated carbocycles. The summed E-state index contributed by atoms with van der Waals surface area (Å²) < 4.78 is 29.0. The smallest absolute Gasteiger partial charge is 0.264 e. The number of sulfonamides is 1. The Morgan fingerprint density at radius 2 is 1.44 bits per heavy atom. The zero-order valence-electron chi connectivity index (χ0n) is 17.9. The Morgan fingerprint density at radius 3 is 2.09 bits per heavy atom.